The van der Waals surface area contributed by atoms with Crippen LogP contribution in [0, 0.1) is 0 Å². The molecular formula is C30H27N5O5. The number of nitrogens with one attached hydrogen (secondary N) is 1. The van der Waals surface area contributed by atoms with Crippen LogP contribution >= 0.6 is 0 Å². The molecule has 0 aliphatic heterocycles. The van der Waals surface area contributed by atoms with E-state index in [4.69, 9.17) is 4.74 Å². The summed E-state index contributed by atoms with van der Waals surface area (Å²) in [6.45, 7) is 0.922. The Labute approximate surface area is 229 Å². The quantitative estimate of drug-likeness (QED) is 0.159. The van der Waals surface area contributed by atoms with E-state index < -0.39 is 23.7 Å². The number of amides is 1. The molecule has 0 fully saturated rings. The van der Waals surface area contributed by atoms with Crippen molar-refractivity contribution in [2.75, 3.05) is 7.11 Å². The number of aromatic hydroxyl groups is 1. The second-order valence-electron chi connectivity index (χ2n) is 9.33. The number of hydrogen-bond donors (Lipinski definition) is 2. The van der Waals surface area contributed by atoms with Crippen LogP contribution in [0.5, 0.6) is 5.75 Å². The standard InChI is InChI=1S/C30H27N5O5/c1-40-30(39)26(15-20-11-13-23(36)14-12-20)31-29(38)28(37)25-19-34(27-10-6-5-9-24(25)27)17-22-18-35(33-32-22)16-21-7-3-2-4-8-21/h2-14,18-19,26,36H,15-17H2,1H3,(H,31,38)/t26-/m1/s1. The molecule has 0 aliphatic rings. The maximum atomic E-state index is 13.3. The molecule has 0 aliphatic carbocycles. The summed E-state index contributed by atoms with van der Waals surface area (Å²) in [4.78, 5) is 38.8. The van der Waals surface area contributed by atoms with Crippen LogP contribution in [0.15, 0.2) is 91.3 Å². The number of carbonyl (C=O) groups excluding carboxylic acids is 3. The third-order valence-corrected chi connectivity index (χ3v) is 6.51. The predicted octanol–water partition coefficient (Wildman–Crippen LogP) is 3.12. The summed E-state index contributed by atoms with van der Waals surface area (Å²) >= 11 is 0. The molecule has 40 heavy (non-hydrogen) atoms. The molecule has 10 nitrogen and oxygen atoms in total. The molecule has 0 radical (unpaired) electrons. The van der Waals surface area contributed by atoms with Crippen LogP contribution in [0.4, 0.5) is 0 Å². The SMILES string of the molecule is COC(=O)[C@@H](Cc1ccc(O)cc1)NC(=O)C(=O)c1cn(Cc2cn(Cc3ccccc3)nn2)c2ccccc12. The largest absolute Gasteiger partial charge is 0.508 e. The first-order chi connectivity index (χ1) is 19.4. The van der Waals surface area contributed by atoms with Crippen LogP contribution in [0.2, 0.25) is 0 Å². The van der Waals surface area contributed by atoms with E-state index in [9.17, 15) is 19.5 Å². The summed E-state index contributed by atoms with van der Waals surface area (Å²) in [6.07, 6.45) is 3.56. The number of carbonyl (C=O) groups is 3. The predicted molar refractivity (Wildman–Crippen MR) is 147 cm³/mol. The number of hydrogen-bond acceptors (Lipinski definition) is 7. The van der Waals surface area contributed by atoms with Gasteiger partial charge < -0.3 is 19.7 Å². The third kappa shape index (κ3) is 5.91. The van der Waals surface area contributed by atoms with Crippen LogP contribution in [-0.4, -0.2) is 55.5 Å². The second kappa shape index (κ2) is 11.6. The highest BCUT2D eigenvalue weighted by molar-refractivity contribution is 6.45. The van der Waals surface area contributed by atoms with Gasteiger partial charge in [-0.05, 0) is 29.3 Å². The van der Waals surface area contributed by atoms with Crippen LogP contribution in [0.1, 0.15) is 27.2 Å². The van der Waals surface area contributed by atoms with Gasteiger partial charge in [0.05, 0.1) is 32.0 Å². The number of para-hydroxylation sites is 1. The van der Waals surface area contributed by atoms with E-state index in [2.05, 4.69) is 15.6 Å². The van der Waals surface area contributed by atoms with E-state index in [0.717, 1.165) is 11.1 Å². The summed E-state index contributed by atoms with van der Waals surface area (Å²) in [5.74, 6) is -2.31. The van der Waals surface area contributed by atoms with Crippen LogP contribution in [-0.2, 0) is 33.8 Å². The van der Waals surface area contributed by atoms with Crippen molar-refractivity contribution in [3.8, 4) is 5.75 Å². The first-order valence-corrected chi connectivity index (χ1v) is 12.6. The highest BCUT2D eigenvalue weighted by Gasteiger charge is 2.28. The maximum absolute atomic E-state index is 13.3. The molecule has 2 aromatic heterocycles. The molecule has 0 saturated carbocycles. The van der Waals surface area contributed by atoms with Gasteiger partial charge in [-0.3, -0.25) is 9.59 Å². The zero-order valence-electron chi connectivity index (χ0n) is 21.7. The van der Waals surface area contributed by atoms with Gasteiger partial charge in [-0.1, -0.05) is 65.9 Å². The van der Waals surface area contributed by atoms with E-state index in [0.29, 0.717) is 29.7 Å². The number of rotatable bonds is 10. The summed E-state index contributed by atoms with van der Waals surface area (Å²) in [5.41, 5.74) is 3.43. The molecule has 0 bridgehead atoms. The number of fused-ring (bicyclic) bond motifs is 1. The fourth-order valence-corrected chi connectivity index (χ4v) is 4.54. The lowest BCUT2D eigenvalue weighted by Crippen LogP contribution is -2.45. The number of esters is 1. The smallest absolute Gasteiger partial charge is 0.328 e. The Bertz CT molecular complexity index is 1660. The lowest BCUT2D eigenvalue weighted by molar-refractivity contribution is -0.144. The third-order valence-electron chi connectivity index (χ3n) is 6.51. The zero-order valence-corrected chi connectivity index (χ0v) is 21.7. The molecule has 2 heterocycles. The Morgan fingerprint density at radius 1 is 0.900 bits per heavy atom. The molecule has 1 amide bonds. The molecule has 0 saturated heterocycles. The Morgan fingerprint density at radius 2 is 1.62 bits per heavy atom. The number of phenolic OH excluding ortho intramolecular Hbond substituents is 1. The Morgan fingerprint density at radius 3 is 2.38 bits per heavy atom. The number of ketones is 1. The fraction of sp³-hybridized carbons (Fsp3) is 0.167. The molecule has 5 aromatic rings. The second-order valence-corrected chi connectivity index (χ2v) is 9.33. The molecule has 0 unspecified atom stereocenters. The summed E-state index contributed by atoms with van der Waals surface area (Å²) in [6, 6.07) is 22.3. The van der Waals surface area contributed by atoms with Crippen molar-refractivity contribution in [2.24, 2.45) is 0 Å². The van der Waals surface area contributed by atoms with Crippen molar-refractivity contribution in [1.29, 1.82) is 0 Å². The number of Topliss-reactive ketones (excluding diaryl/α,β-unsaturated/α-hetero) is 1. The van der Waals surface area contributed by atoms with Gasteiger partial charge in [-0.15, -0.1) is 5.10 Å². The molecule has 3 aromatic carbocycles. The minimum atomic E-state index is -1.08. The first kappa shape index (κ1) is 26.4. The maximum Gasteiger partial charge on any atom is 0.328 e. The topological polar surface area (TPSA) is 128 Å². The Kier molecular flexibility index (Phi) is 7.68. The van der Waals surface area contributed by atoms with Crippen molar-refractivity contribution < 1.29 is 24.2 Å². The summed E-state index contributed by atoms with van der Waals surface area (Å²) in [7, 11) is 1.21. The van der Waals surface area contributed by atoms with E-state index >= 15 is 0 Å². The van der Waals surface area contributed by atoms with Crippen LogP contribution in [0.25, 0.3) is 10.9 Å². The van der Waals surface area contributed by atoms with E-state index in [1.165, 1.54) is 19.2 Å². The summed E-state index contributed by atoms with van der Waals surface area (Å²) in [5, 5.41) is 21.1. The molecule has 202 valence electrons. The Hall–Kier alpha value is -5.25. The molecule has 0 spiro atoms. The van der Waals surface area contributed by atoms with Gasteiger partial charge in [0, 0.05) is 23.5 Å². The molecule has 2 N–H and O–H groups in total. The highest BCUT2D eigenvalue weighted by Crippen LogP contribution is 2.23. The number of nitrogens with zero attached hydrogens (tertiary/aromatic N) is 4. The number of ether oxygens (including phenoxy) is 1. The normalized spacial score (nSPS) is 11.7. The average molecular weight is 538 g/mol. The van der Waals surface area contributed by atoms with Crippen LogP contribution in [0.3, 0.4) is 0 Å². The van der Waals surface area contributed by atoms with Gasteiger partial charge in [-0.2, -0.15) is 0 Å². The highest BCUT2D eigenvalue weighted by atomic mass is 16.5. The Balaban J connectivity index is 1.35. The number of methoxy groups -OCH3 is 1. The number of aromatic nitrogens is 4. The molecule has 5 rings (SSSR count). The monoisotopic (exact) mass is 537 g/mol. The van der Waals surface area contributed by atoms with Gasteiger partial charge in [0.2, 0.25) is 0 Å². The van der Waals surface area contributed by atoms with Gasteiger partial charge >= 0.3 is 5.97 Å². The molecule has 10 heteroatoms. The number of phenols is 1. The van der Waals surface area contributed by atoms with Crippen LogP contribution < -0.4 is 5.32 Å². The lowest BCUT2D eigenvalue weighted by Gasteiger charge is -2.16. The minimum Gasteiger partial charge on any atom is -0.508 e. The van der Waals surface area contributed by atoms with E-state index in [-0.39, 0.29) is 17.7 Å². The first-order valence-electron chi connectivity index (χ1n) is 12.6. The lowest BCUT2D eigenvalue weighted by atomic mass is 10.0. The summed E-state index contributed by atoms with van der Waals surface area (Å²) < 4.78 is 8.44. The van der Waals surface area contributed by atoms with Gasteiger partial charge in [0.25, 0.3) is 11.7 Å². The van der Waals surface area contributed by atoms with Gasteiger partial charge in [0.15, 0.2) is 0 Å². The van der Waals surface area contributed by atoms with Crippen molar-refractivity contribution in [3.63, 3.8) is 0 Å². The van der Waals surface area contributed by atoms with Crippen molar-refractivity contribution in [1.82, 2.24) is 24.9 Å². The van der Waals surface area contributed by atoms with Gasteiger partial charge in [0.1, 0.15) is 17.5 Å². The van der Waals surface area contributed by atoms with E-state index in [1.807, 2.05) is 53.2 Å². The minimum absolute atomic E-state index is 0.0766. The average Bonchev–Trinajstić information content (AvgIpc) is 3.57. The fourth-order valence-electron chi connectivity index (χ4n) is 4.54. The zero-order chi connectivity index (χ0) is 28.1. The van der Waals surface area contributed by atoms with Crippen molar-refractivity contribution in [3.05, 3.63) is 114 Å². The molecule has 1 atom stereocenters. The van der Waals surface area contributed by atoms with Crippen molar-refractivity contribution in [2.45, 2.75) is 25.6 Å². The van der Waals surface area contributed by atoms with E-state index in [1.54, 1.807) is 35.1 Å². The van der Waals surface area contributed by atoms with Crippen molar-refractivity contribution >= 4 is 28.6 Å². The molecular weight excluding hydrogens is 510 g/mol. The van der Waals surface area contributed by atoms with Gasteiger partial charge in [-0.25, -0.2) is 9.48 Å². The number of benzene rings is 3.